The third-order valence-corrected chi connectivity index (χ3v) is 1.80. The standard InChI is InChI=1S/C12H11Br/c13-11-7-2-1-4-8-12-9-5-3-6-10-12/h1-11H/b2-1+,8-4+,11-7+. The third-order valence-electron chi connectivity index (χ3n) is 1.49. The SMILES string of the molecule is Br/C=C/C=C/C=C/c1ccccc1. The summed E-state index contributed by atoms with van der Waals surface area (Å²) in [5, 5.41) is 0. The molecule has 0 aliphatic rings. The summed E-state index contributed by atoms with van der Waals surface area (Å²) in [6, 6.07) is 10.2. The van der Waals surface area contributed by atoms with Gasteiger partial charge in [0.25, 0.3) is 0 Å². The Bertz CT molecular complexity index is 307. The van der Waals surface area contributed by atoms with Crippen molar-refractivity contribution in [3.63, 3.8) is 0 Å². The van der Waals surface area contributed by atoms with E-state index in [1.54, 1.807) is 0 Å². The van der Waals surface area contributed by atoms with Crippen LogP contribution < -0.4 is 0 Å². The minimum atomic E-state index is 1.22. The zero-order valence-electron chi connectivity index (χ0n) is 7.23. The molecule has 0 aliphatic carbocycles. The summed E-state index contributed by atoms with van der Waals surface area (Å²) in [6.07, 6.45) is 9.97. The van der Waals surface area contributed by atoms with Gasteiger partial charge in [-0.05, 0) is 10.5 Å². The van der Waals surface area contributed by atoms with Crippen LogP contribution in [0.25, 0.3) is 6.08 Å². The number of hydrogen-bond acceptors (Lipinski definition) is 0. The fourth-order valence-corrected chi connectivity index (χ4v) is 1.08. The number of hydrogen-bond donors (Lipinski definition) is 0. The van der Waals surface area contributed by atoms with Gasteiger partial charge < -0.3 is 0 Å². The summed E-state index contributed by atoms with van der Waals surface area (Å²) in [7, 11) is 0. The molecule has 0 fully saturated rings. The fourth-order valence-electron chi connectivity index (χ4n) is 0.901. The Kier molecular flexibility index (Phi) is 4.95. The summed E-state index contributed by atoms with van der Waals surface area (Å²) in [4.78, 5) is 1.82. The molecule has 1 rings (SSSR count). The summed E-state index contributed by atoms with van der Waals surface area (Å²) in [5.74, 6) is 0. The van der Waals surface area contributed by atoms with Gasteiger partial charge in [0.05, 0.1) is 0 Å². The van der Waals surface area contributed by atoms with E-state index >= 15 is 0 Å². The molecule has 0 spiro atoms. The molecule has 0 saturated carbocycles. The van der Waals surface area contributed by atoms with Gasteiger partial charge in [0.1, 0.15) is 0 Å². The van der Waals surface area contributed by atoms with Gasteiger partial charge in [-0.25, -0.2) is 0 Å². The summed E-state index contributed by atoms with van der Waals surface area (Å²) in [6.45, 7) is 0. The highest BCUT2D eigenvalue weighted by atomic mass is 79.9. The monoisotopic (exact) mass is 234 g/mol. The van der Waals surface area contributed by atoms with Crippen molar-refractivity contribution in [3.05, 3.63) is 65.2 Å². The van der Waals surface area contributed by atoms with Gasteiger partial charge in [-0.2, -0.15) is 0 Å². The van der Waals surface area contributed by atoms with Crippen molar-refractivity contribution in [2.45, 2.75) is 0 Å². The number of allylic oxidation sites excluding steroid dienone is 4. The summed E-state index contributed by atoms with van der Waals surface area (Å²) in [5.41, 5.74) is 1.22. The minimum Gasteiger partial charge on any atom is -0.0622 e. The van der Waals surface area contributed by atoms with Crippen LogP contribution in [0.4, 0.5) is 0 Å². The van der Waals surface area contributed by atoms with E-state index in [9.17, 15) is 0 Å². The van der Waals surface area contributed by atoms with E-state index in [2.05, 4.69) is 34.1 Å². The maximum absolute atomic E-state index is 3.19. The number of rotatable bonds is 3. The van der Waals surface area contributed by atoms with E-state index < -0.39 is 0 Å². The molecule has 0 N–H and O–H groups in total. The lowest BCUT2D eigenvalue weighted by molar-refractivity contribution is 1.66. The van der Waals surface area contributed by atoms with Gasteiger partial charge in [-0.1, -0.05) is 76.6 Å². The Balaban J connectivity index is 2.50. The van der Waals surface area contributed by atoms with Crippen molar-refractivity contribution >= 4 is 22.0 Å². The molecule has 0 saturated heterocycles. The zero-order chi connectivity index (χ0) is 9.36. The first-order valence-electron chi connectivity index (χ1n) is 4.08. The Morgan fingerprint density at radius 2 is 1.54 bits per heavy atom. The first-order chi connectivity index (χ1) is 6.43. The van der Waals surface area contributed by atoms with Gasteiger partial charge in [0, 0.05) is 0 Å². The van der Waals surface area contributed by atoms with Gasteiger partial charge in [-0.3, -0.25) is 0 Å². The zero-order valence-corrected chi connectivity index (χ0v) is 8.81. The Morgan fingerprint density at radius 1 is 0.846 bits per heavy atom. The molecule has 0 radical (unpaired) electrons. The highest BCUT2D eigenvalue weighted by molar-refractivity contribution is 9.11. The molecule has 1 aromatic rings. The topological polar surface area (TPSA) is 0 Å². The van der Waals surface area contributed by atoms with Crippen molar-refractivity contribution in [2.75, 3.05) is 0 Å². The van der Waals surface area contributed by atoms with Gasteiger partial charge in [0.15, 0.2) is 0 Å². The molecule has 0 nitrogen and oxygen atoms in total. The lowest BCUT2D eigenvalue weighted by Gasteiger charge is -1.87. The lowest BCUT2D eigenvalue weighted by atomic mass is 10.2. The molecular formula is C12H11Br. The molecule has 13 heavy (non-hydrogen) atoms. The van der Waals surface area contributed by atoms with Crippen molar-refractivity contribution in [1.82, 2.24) is 0 Å². The Hall–Kier alpha value is -1.08. The first-order valence-corrected chi connectivity index (χ1v) is 5.00. The van der Waals surface area contributed by atoms with Crippen LogP contribution in [0.5, 0.6) is 0 Å². The fraction of sp³-hybridized carbons (Fsp3) is 0. The van der Waals surface area contributed by atoms with Gasteiger partial charge >= 0.3 is 0 Å². The second-order valence-electron chi connectivity index (χ2n) is 2.47. The normalized spacial score (nSPS) is 12.1. The number of benzene rings is 1. The predicted molar refractivity (Wildman–Crippen MR) is 62.7 cm³/mol. The van der Waals surface area contributed by atoms with Crippen LogP contribution in [0.3, 0.4) is 0 Å². The average Bonchev–Trinajstić information content (AvgIpc) is 2.19. The Labute approximate surface area is 87.4 Å². The van der Waals surface area contributed by atoms with Gasteiger partial charge in [0.2, 0.25) is 0 Å². The molecule has 66 valence electrons. The van der Waals surface area contributed by atoms with Crippen molar-refractivity contribution in [2.24, 2.45) is 0 Å². The maximum atomic E-state index is 3.19. The molecular weight excluding hydrogens is 224 g/mol. The average molecular weight is 235 g/mol. The van der Waals surface area contributed by atoms with Crippen molar-refractivity contribution < 1.29 is 0 Å². The van der Waals surface area contributed by atoms with Crippen LogP contribution >= 0.6 is 15.9 Å². The molecule has 0 heterocycles. The van der Waals surface area contributed by atoms with Gasteiger partial charge in [-0.15, -0.1) is 0 Å². The quantitative estimate of drug-likeness (QED) is 0.690. The van der Waals surface area contributed by atoms with E-state index in [0.29, 0.717) is 0 Å². The van der Waals surface area contributed by atoms with Crippen molar-refractivity contribution in [1.29, 1.82) is 0 Å². The second-order valence-corrected chi connectivity index (χ2v) is 3.00. The largest absolute Gasteiger partial charge is 0.0622 e. The molecule has 0 aliphatic heterocycles. The lowest BCUT2D eigenvalue weighted by Crippen LogP contribution is -1.66. The van der Waals surface area contributed by atoms with Crippen LogP contribution in [0, 0.1) is 0 Å². The van der Waals surface area contributed by atoms with E-state index in [4.69, 9.17) is 0 Å². The second kappa shape index (κ2) is 6.44. The van der Waals surface area contributed by atoms with Crippen LogP contribution in [0.2, 0.25) is 0 Å². The maximum Gasteiger partial charge on any atom is -0.0189 e. The molecule has 0 bridgehead atoms. The summed E-state index contributed by atoms with van der Waals surface area (Å²) >= 11 is 3.19. The minimum absolute atomic E-state index is 1.22. The van der Waals surface area contributed by atoms with Crippen LogP contribution in [-0.4, -0.2) is 0 Å². The molecule has 0 unspecified atom stereocenters. The molecule has 0 atom stereocenters. The van der Waals surface area contributed by atoms with Crippen LogP contribution in [-0.2, 0) is 0 Å². The van der Waals surface area contributed by atoms with Crippen molar-refractivity contribution in [3.8, 4) is 0 Å². The molecule has 0 amide bonds. The van der Waals surface area contributed by atoms with E-state index in [1.165, 1.54) is 5.56 Å². The number of halogens is 1. The molecule has 1 heteroatoms. The molecule has 1 aromatic carbocycles. The van der Waals surface area contributed by atoms with Crippen LogP contribution in [0.1, 0.15) is 5.56 Å². The van der Waals surface area contributed by atoms with E-state index in [1.807, 2.05) is 47.5 Å². The van der Waals surface area contributed by atoms with E-state index in [-0.39, 0.29) is 0 Å². The third kappa shape index (κ3) is 4.48. The predicted octanol–water partition coefficient (Wildman–Crippen LogP) is 4.16. The Morgan fingerprint density at radius 3 is 2.23 bits per heavy atom. The highest BCUT2D eigenvalue weighted by Gasteiger charge is 1.78. The molecule has 0 aromatic heterocycles. The van der Waals surface area contributed by atoms with Crippen LogP contribution in [0.15, 0.2) is 59.6 Å². The summed E-state index contributed by atoms with van der Waals surface area (Å²) < 4.78 is 0. The smallest absolute Gasteiger partial charge is 0.0189 e. The van der Waals surface area contributed by atoms with E-state index in [0.717, 1.165) is 0 Å². The highest BCUT2D eigenvalue weighted by Crippen LogP contribution is 2.00. The first kappa shape index (κ1) is 10.0.